The first-order valence-electron chi connectivity index (χ1n) is 5.11. The third-order valence-corrected chi connectivity index (χ3v) is 2.53. The Hall–Kier alpha value is -1.44. The highest BCUT2D eigenvalue weighted by atomic mass is 16.5. The first-order chi connectivity index (χ1) is 7.12. The lowest BCUT2D eigenvalue weighted by molar-refractivity contribution is 0.216. The molecule has 2 rings (SSSR count). The molecule has 0 amide bonds. The molecular formula is C13H16O2. The van der Waals surface area contributed by atoms with Gasteiger partial charge in [0.25, 0.3) is 0 Å². The molecule has 0 aromatic heterocycles. The molecule has 0 bridgehead atoms. The van der Waals surface area contributed by atoms with E-state index in [4.69, 9.17) is 9.47 Å². The van der Waals surface area contributed by atoms with Crippen molar-refractivity contribution in [3.05, 3.63) is 29.8 Å². The first-order valence-corrected chi connectivity index (χ1v) is 5.11. The molecule has 0 unspecified atom stereocenters. The molecule has 1 aliphatic heterocycles. The van der Waals surface area contributed by atoms with Crippen molar-refractivity contribution < 1.29 is 9.47 Å². The summed E-state index contributed by atoms with van der Waals surface area (Å²) in [5.74, 6) is 1.65. The highest BCUT2D eigenvalue weighted by Gasteiger charge is 2.20. The molecule has 0 fully saturated rings. The van der Waals surface area contributed by atoms with Crippen LogP contribution in [0, 0.1) is 5.41 Å². The van der Waals surface area contributed by atoms with Crippen LogP contribution in [0.5, 0.6) is 11.5 Å². The van der Waals surface area contributed by atoms with E-state index in [1.807, 2.05) is 18.2 Å². The third kappa shape index (κ3) is 1.99. The van der Waals surface area contributed by atoms with Gasteiger partial charge in [0.2, 0.25) is 0 Å². The van der Waals surface area contributed by atoms with Gasteiger partial charge in [-0.25, -0.2) is 0 Å². The number of benzene rings is 1. The Bertz CT molecular complexity index is 392. The highest BCUT2D eigenvalue weighted by molar-refractivity contribution is 5.63. The lowest BCUT2D eigenvalue weighted by Crippen LogP contribution is -2.17. The van der Waals surface area contributed by atoms with Gasteiger partial charge in [-0.2, -0.15) is 0 Å². The fraction of sp³-hybridized carbons (Fsp3) is 0.385. The molecule has 1 heterocycles. The quantitative estimate of drug-likeness (QED) is 0.699. The topological polar surface area (TPSA) is 18.5 Å². The van der Waals surface area contributed by atoms with Crippen LogP contribution in [-0.4, -0.2) is 13.7 Å². The van der Waals surface area contributed by atoms with E-state index in [1.165, 1.54) is 0 Å². The lowest BCUT2D eigenvalue weighted by atomic mass is 9.94. The van der Waals surface area contributed by atoms with E-state index in [-0.39, 0.29) is 5.41 Å². The minimum Gasteiger partial charge on any atom is -0.493 e. The number of methoxy groups -OCH3 is 1. The molecule has 15 heavy (non-hydrogen) atoms. The predicted octanol–water partition coefficient (Wildman–Crippen LogP) is 3.13. The van der Waals surface area contributed by atoms with Gasteiger partial charge >= 0.3 is 0 Å². The third-order valence-electron chi connectivity index (χ3n) is 2.53. The monoisotopic (exact) mass is 204 g/mol. The molecule has 80 valence electrons. The van der Waals surface area contributed by atoms with Gasteiger partial charge in [-0.05, 0) is 6.07 Å². The van der Waals surface area contributed by atoms with Crippen molar-refractivity contribution in [1.29, 1.82) is 0 Å². The van der Waals surface area contributed by atoms with Crippen LogP contribution in [0.2, 0.25) is 0 Å². The normalized spacial score (nSPS) is 17.5. The SMILES string of the molecule is COc1cccc2c1OCC(C)(C)C=C2. The number of fused-ring (bicyclic) bond motifs is 1. The van der Waals surface area contributed by atoms with Gasteiger partial charge in [0.15, 0.2) is 11.5 Å². The maximum Gasteiger partial charge on any atom is 0.168 e. The number of hydrogen-bond acceptors (Lipinski definition) is 2. The van der Waals surface area contributed by atoms with Crippen molar-refractivity contribution in [3.8, 4) is 11.5 Å². The maximum atomic E-state index is 5.80. The van der Waals surface area contributed by atoms with Gasteiger partial charge in [-0.15, -0.1) is 0 Å². The minimum absolute atomic E-state index is 0.0734. The van der Waals surface area contributed by atoms with Crippen molar-refractivity contribution in [1.82, 2.24) is 0 Å². The smallest absolute Gasteiger partial charge is 0.168 e. The molecule has 0 spiro atoms. The van der Waals surface area contributed by atoms with E-state index >= 15 is 0 Å². The summed E-state index contributed by atoms with van der Waals surface area (Å²) < 4.78 is 11.1. The van der Waals surface area contributed by atoms with Crippen LogP contribution in [0.1, 0.15) is 19.4 Å². The molecule has 0 radical (unpaired) electrons. The fourth-order valence-electron chi connectivity index (χ4n) is 1.60. The van der Waals surface area contributed by atoms with Crippen LogP contribution in [0.3, 0.4) is 0 Å². The van der Waals surface area contributed by atoms with E-state index in [1.54, 1.807) is 7.11 Å². The van der Waals surface area contributed by atoms with Crippen LogP contribution in [0.4, 0.5) is 0 Å². The molecular weight excluding hydrogens is 188 g/mol. The Balaban J connectivity index is 2.44. The zero-order valence-electron chi connectivity index (χ0n) is 9.41. The number of ether oxygens (including phenoxy) is 2. The Morgan fingerprint density at radius 3 is 2.87 bits per heavy atom. The highest BCUT2D eigenvalue weighted by Crippen LogP contribution is 2.36. The van der Waals surface area contributed by atoms with Gasteiger partial charge in [-0.1, -0.05) is 38.1 Å². The Labute approximate surface area is 90.5 Å². The summed E-state index contributed by atoms with van der Waals surface area (Å²) in [5.41, 5.74) is 1.16. The number of para-hydroxylation sites is 1. The summed E-state index contributed by atoms with van der Waals surface area (Å²) in [5, 5.41) is 0. The van der Waals surface area contributed by atoms with Gasteiger partial charge in [-0.3, -0.25) is 0 Å². The van der Waals surface area contributed by atoms with E-state index in [0.29, 0.717) is 6.61 Å². The summed E-state index contributed by atoms with van der Waals surface area (Å²) in [7, 11) is 1.67. The molecule has 2 heteroatoms. The molecule has 0 saturated carbocycles. The average molecular weight is 204 g/mol. The summed E-state index contributed by atoms with van der Waals surface area (Å²) >= 11 is 0. The van der Waals surface area contributed by atoms with Crippen LogP contribution in [-0.2, 0) is 0 Å². The second kappa shape index (κ2) is 3.61. The van der Waals surface area contributed by atoms with E-state index in [9.17, 15) is 0 Å². The Morgan fingerprint density at radius 2 is 2.13 bits per heavy atom. The predicted molar refractivity (Wildman–Crippen MR) is 61.3 cm³/mol. The van der Waals surface area contributed by atoms with Crippen LogP contribution >= 0.6 is 0 Å². The summed E-state index contributed by atoms with van der Waals surface area (Å²) in [6, 6.07) is 5.93. The standard InChI is InChI=1S/C13H16O2/c1-13(2)8-7-10-5-4-6-11(14-3)12(10)15-9-13/h4-8H,9H2,1-3H3. The van der Waals surface area contributed by atoms with Crippen molar-refractivity contribution in [2.45, 2.75) is 13.8 Å². The minimum atomic E-state index is 0.0734. The Morgan fingerprint density at radius 1 is 1.33 bits per heavy atom. The Kier molecular flexibility index (Phi) is 2.43. The van der Waals surface area contributed by atoms with Crippen LogP contribution in [0.25, 0.3) is 6.08 Å². The van der Waals surface area contributed by atoms with Crippen LogP contribution in [0.15, 0.2) is 24.3 Å². The summed E-state index contributed by atoms with van der Waals surface area (Å²) in [6.45, 7) is 4.99. The summed E-state index contributed by atoms with van der Waals surface area (Å²) in [6.07, 6.45) is 4.28. The zero-order chi connectivity index (χ0) is 10.9. The largest absolute Gasteiger partial charge is 0.493 e. The van der Waals surface area contributed by atoms with Gasteiger partial charge in [0, 0.05) is 11.0 Å². The molecule has 1 aliphatic rings. The first kappa shape index (κ1) is 10.1. The van der Waals surface area contributed by atoms with Crippen molar-refractivity contribution in [3.63, 3.8) is 0 Å². The molecule has 1 aromatic rings. The van der Waals surface area contributed by atoms with Crippen molar-refractivity contribution in [2.24, 2.45) is 5.41 Å². The van der Waals surface area contributed by atoms with Crippen molar-refractivity contribution in [2.75, 3.05) is 13.7 Å². The van der Waals surface area contributed by atoms with Crippen LogP contribution < -0.4 is 9.47 Å². The zero-order valence-corrected chi connectivity index (χ0v) is 9.41. The molecule has 0 aliphatic carbocycles. The number of hydrogen-bond donors (Lipinski definition) is 0. The maximum absolute atomic E-state index is 5.80. The average Bonchev–Trinajstić information content (AvgIpc) is 2.38. The van der Waals surface area contributed by atoms with E-state index < -0.39 is 0 Å². The van der Waals surface area contributed by atoms with Gasteiger partial charge in [0.1, 0.15) is 0 Å². The molecule has 0 saturated heterocycles. The molecule has 0 N–H and O–H groups in total. The second-order valence-electron chi connectivity index (χ2n) is 4.49. The fourth-order valence-corrected chi connectivity index (χ4v) is 1.60. The second-order valence-corrected chi connectivity index (χ2v) is 4.49. The van der Waals surface area contributed by atoms with E-state index in [2.05, 4.69) is 26.0 Å². The van der Waals surface area contributed by atoms with Gasteiger partial charge in [0.05, 0.1) is 13.7 Å². The number of rotatable bonds is 1. The van der Waals surface area contributed by atoms with Crippen molar-refractivity contribution >= 4 is 6.08 Å². The molecule has 2 nitrogen and oxygen atoms in total. The lowest BCUT2D eigenvalue weighted by Gasteiger charge is -2.19. The van der Waals surface area contributed by atoms with E-state index in [0.717, 1.165) is 17.1 Å². The summed E-state index contributed by atoms with van der Waals surface area (Å²) in [4.78, 5) is 0. The molecule has 0 atom stereocenters. The van der Waals surface area contributed by atoms with Gasteiger partial charge < -0.3 is 9.47 Å². The molecule has 1 aromatic carbocycles.